The van der Waals surface area contributed by atoms with Crippen molar-refractivity contribution in [1.82, 2.24) is 14.8 Å². The molecule has 7 heteroatoms. The molecule has 150 valence electrons. The van der Waals surface area contributed by atoms with Crippen molar-refractivity contribution in [3.8, 4) is 11.4 Å². The van der Waals surface area contributed by atoms with E-state index in [1.807, 2.05) is 35.0 Å². The third-order valence-electron chi connectivity index (χ3n) is 5.00. The first kappa shape index (κ1) is 21.8. The normalized spacial score (nSPS) is 22.4. The summed E-state index contributed by atoms with van der Waals surface area (Å²) >= 11 is 0. The summed E-state index contributed by atoms with van der Waals surface area (Å²) in [4.78, 5) is 4.87. The number of benzene rings is 1. The third kappa shape index (κ3) is 5.51. The second-order valence-corrected chi connectivity index (χ2v) is 7.04. The first-order valence-electron chi connectivity index (χ1n) is 9.71. The molecule has 6 nitrogen and oxygen atoms in total. The molecule has 3 rings (SSSR count). The van der Waals surface area contributed by atoms with Crippen LogP contribution in [0.15, 0.2) is 30.3 Å². The van der Waals surface area contributed by atoms with Crippen LogP contribution in [0.25, 0.3) is 11.4 Å². The van der Waals surface area contributed by atoms with Crippen LogP contribution in [-0.2, 0) is 11.3 Å². The highest BCUT2D eigenvalue weighted by atomic mass is 35.5. The zero-order valence-electron chi connectivity index (χ0n) is 16.0. The van der Waals surface area contributed by atoms with Crippen LogP contribution in [0.4, 0.5) is 0 Å². The van der Waals surface area contributed by atoms with Crippen LogP contribution in [0.2, 0.25) is 0 Å². The number of aliphatic hydroxyl groups is 1. The van der Waals surface area contributed by atoms with Gasteiger partial charge in [0.15, 0.2) is 5.82 Å². The lowest BCUT2D eigenvalue weighted by molar-refractivity contribution is 0.00859. The Morgan fingerprint density at radius 2 is 2.04 bits per heavy atom. The molecule has 2 aromatic rings. The highest BCUT2D eigenvalue weighted by Crippen LogP contribution is 2.34. The standard InChI is InChI=1S/C20H30N4O2.ClH/c1-2-13-26-18-14-16(9-10-17(18)21)20-22-19(15-7-4-3-5-8-15)23-24(20)11-6-12-25;/h3-5,7-8,16-18,25H,2,6,9-14,21H2,1H3;1H/t16-,17+,18+;/m0./s1. The first-order chi connectivity index (χ1) is 12.7. The molecular formula is C20H31ClN4O2. The SMILES string of the molecule is CCCO[C@@H]1C[C@@H](c2nc(-c3ccccc3)nn2CCCO)CC[C@H]1N.Cl. The number of aryl methyl sites for hydroxylation is 1. The van der Waals surface area contributed by atoms with Crippen molar-refractivity contribution in [2.24, 2.45) is 5.73 Å². The monoisotopic (exact) mass is 394 g/mol. The number of halogens is 1. The fourth-order valence-corrected chi connectivity index (χ4v) is 3.60. The average molecular weight is 395 g/mol. The third-order valence-corrected chi connectivity index (χ3v) is 5.00. The molecule has 1 aliphatic rings. The van der Waals surface area contributed by atoms with Gasteiger partial charge in [0, 0.05) is 37.3 Å². The lowest BCUT2D eigenvalue weighted by atomic mass is 9.83. The van der Waals surface area contributed by atoms with Crippen LogP contribution in [0.1, 0.15) is 50.8 Å². The number of aliphatic hydroxyl groups excluding tert-OH is 1. The zero-order chi connectivity index (χ0) is 18.4. The minimum atomic E-state index is 0. The Kier molecular flexibility index (Phi) is 8.70. The molecule has 1 aromatic heterocycles. The zero-order valence-corrected chi connectivity index (χ0v) is 16.8. The number of nitrogens with zero attached hydrogens (tertiary/aromatic N) is 3. The van der Waals surface area contributed by atoms with Gasteiger partial charge in [-0.25, -0.2) is 9.67 Å². The Morgan fingerprint density at radius 3 is 2.74 bits per heavy atom. The molecule has 0 radical (unpaired) electrons. The van der Waals surface area contributed by atoms with Gasteiger partial charge in [-0.15, -0.1) is 12.4 Å². The summed E-state index contributed by atoms with van der Waals surface area (Å²) in [6, 6.07) is 10.1. The van der Waals surface area contributed by atoms with Crippen molar-refractivity contribution in [3.05, 3.63) is 36.2 Å². The van der Waals surface area contributed by atoms with Crippen molar-refractivity contribution < 1.29 is 9.84 Å². The average Bonchev–Trinajstić information content (AvgIpc) is 3.10. The summed E-state index contributed by atoms with van der Waals surface area (Å²) in [6.07, 6.45) is 4.57. The summed E-state index contributed by atoms with van der Waals surface area (Å²) in [7, 11) is 0. The number of rotatable bonds is 8. The van der Waals surface area contributed by atoms with E-state index in [-0.39, 0.29) is 31.2 Å². The van der Waals surface area contributed by atoms with Crippen LogP contribution in [0, 0.1) is 0 Å². The van der Waals surface area contributed by atoms with E-state index in [2.05, 4.69) is 6.92 Å². The van der Waals surface area contributed by atoms with Gasteiger partial charge in [-0.1, -0.05) is 37.3 Å². The van der Waals surface area contributed by atoms with Crippen molar-refractivity contribution >= 4 is 12.4 Å². The van der Waals surface area contributed by atoms with Gasteiger partial charge in [0.1, 0.15) is 5.82 Å². The molecular weight excluding hydrogens is 364 g/mol. The smallest absolute Gasteiger partial charge is 0.181 e. The van der Waals surface area contributed by atoms with Gasteiger partial charge < -0.3 is 15.6 Å². The Labute approximate surface area is 167 Å². The number of ether oxygens (including phenoxy) is 1. The van der Waals surface area contributed by atoms with Crippen LogP contribution in [-0.4, -0.2) is 45.2 Å². The van der Waals surface area contributed by atoms with E-state index in [4.69, 9.17) is 20.6 Å². The highest BCUT2D eigenvalue weighted by Gasteiger charge is 2.32. The number of aromatic nitrogens is 3. The lowest BCUT2D eigenvalue weighted by Crippen LogP contribution is -2.42. The quantitative estimate of drug-likeness (QED) is 0.718. The molecule has 3 atom stereocenters. The predicted octanol–water partition coefficient (Wildman–Crippen LogP) is 3.14. The van der Waals surface area contributed by atoms with Crippen molar-refractivity contribution in [2.75, 3.05) is 13.2 Å². The maximum absolute atomic E-state index is 9.23. The molecule has 1 fully saturated rings. The Morgan fingerprint density at radius 1 is 1.26 bits per heavy atom. The van der Waals surface area contributed by atoms with Gasteiger partial charge in [0.05, 0.1) is 6.10 Å². The second-order valence-electron chi connectivity index (χ2n) is 7.04. The second kappa shape index (κ2) is 10.8. The van der Waals surface area contributed by atoms with E-state index in [0.717, 1.165) is 49.5 Å². The largest absolute Gasteiger partial charge is 0.396 e. The summed E-state index contributed by atoms with van der Waals surface area (Å²) in [5.41, 5.74) is 7.29. The van der Waals surface area contributed by atoms with E-state index in [1.165, 1.54) is 0 Å². The maximum Gasteiger partial charge on any atom is 0.181 e. The molecule has 27 heavy (non-hydrogen) atoms. The molecule has 1 saturated carbocycles. The van der Waals surface area contributed by atoms with Gasteiger partial charge in [-0.2, -0.15) is 5.10 Å². The topological polar surface area (TPSA) is 86.2 Å². The lowest BCUT2D eigenvalue weighted by Gasteiger charge is -2.33. The van der Waals surface area contributed by atoms with Gasteiger partial charge in [-0.3, -0.25) is 0 Å². The van der Waals surface area contributed by atoms with Gasteiger partial charge in [0.25, 0.3) is 0 Å². The predicted molar refractivity (Wildman–Crippen MR) is 109 cm³/mol. The Balaban J connectivity index is 0.00000261. The summed E-state index contributed by atoms with van der Waals surface area (Å²) in [6.45, 7) is 3.69. The van der Waals surface area contributed by atoms with Gasteiger partial charge in [0.2, 0.25) is 0 Å². The molecule has 1 aromatic carbocycles. The molecule has 0 saturated heterocycles. The molecule has 0 spiro atoms. The fraction of sp³-hybridized carbons (Fsp3) is 0.600. The maximum atomic E-state index is 9.23. The van der Waals surface area contributed by atoms with E-state index >= 15 is 0 Å². The molecule has 3 N–H and O–H groups in total. The summed E-state index contributed by atoms with van der Waals surface area (Å²) in [5, 5.41) is 14.0. The molecule has 0 bridgehead atoms. The van der Waals surface area contributed by atoms with Crippen LogP contribution in [0.3, 0.4) is 0 Å². The number of hydrogen-bond donors (Lipinski definition) is 2. The van der Waals surface area contributed by atoms with Crippen molar-refractivity contribution in [3.63, 3.8) is 0 Å². The van der Waals surface area contributed by atoms with Crippen LogP contribution < -0.4 is 5.73 Å². The Bertz CT molecular complexity index is 680. The molecule has 0 unspecified atom stereocenters. The number of hydrogen-bond acceptors (Lipinski definition) is 5. The summed E-state index contributed by atoms with van der Waals surface area (Å²) in [5.74, 6) is 2.04. The minimum Gasteiger partial charge on any atom is -0.396 e. The van der Waals surface area contributed by atoms with Crippen molar-refractivity contribution in [1.29, 1.82) is 0 Å². The number of nitrogens with two attached hydrogens (primary N) is 1. The van der Waals surface area contributed by atoms with E-state index < -0.39 is 0 Å². The first-order valence-corrected chi connectivity index (χ1v) is 9.71. The molecule has 0 aliphatic heterocycles. The van der Waals surface area contributed by atoms with Crippen LogP contribution in [0.5, 0.6) is 0 Å². The minimum absolute atomic E-state index is 0. The van der Waals surface area contributed by atoms with Crippen LogP contribution >= 0.6 is 12.4 Å². The summed E-state index contributed by atoms with van der Waals surface area (Å²) < 4.78 is 7.96. The highest BCUT2D eigenvalue weighted by molar-refractivity contribution is 5.85. The van der Waals surface area contributed by atoms with Gasteiger partial charge in [-0.05, 0) is 32.1 Å². The Hall–Kier alpha value is -1.47. The van der Waals surface area contributed by atoms with Gasteiger partial charge >= 0.3 is 0 Å². The van der Waals surface area contributed by atoms with E-state index in [0.29, 0.717) is 18.9 Å². The molecule has 1 heterocycles. The fourth-order valence-electron chi connectivity index (χ4n) is 3.60. The molecule has 1 aliphatic carbocycles. The van der Waals surface area contributed by atoms with Crippen molar-refractivity contribution in [2.45, 2.75) is 63.6 Å². The van der Waals surface area contributed by atoms with E-state index in [9.17, 15) is 5.11 Å². The van der Waals surface area contributed by atoms with E-state index in [1.54, 1.807) is 0 Å². The molecule has 0 amide bonds.